The number of carbonyl (C=O) groups is 1. The van der Waals surface area contributed by atoms with Crippen molar-refractivity contribution < 1.29 is 4.79 Å². The number of anilines is 1. The highest BCUT2D eigenvalue weighted by atomic mass is 16.2. The number of aryl methyl sites for hydroxylation is 1. The number of likely N-dealkylation sites (tertiary alicyclic amines) is 1. The third kappa shape index (κ3) is 3.92. The average Bonchev–Trinajstić information content (AvgIpc) is 3.47. The Morgan fingerprint density at radius 1 is 1.32 bits per heavy atom. The first-order valence-electron chi connectivity index (χ1n) is 10.9. The monoisotopic (exact) mass is 418 g/mol. The number of aromatic nitrogens is 4. The zero-order chi connectivity index (χ0) is 22.1. The fourth-order valence-corrected chi connectivity index (χ4v) is 4.34. The quantitative estimate of drug-likeness (QED) is 0.688. The fourth-order valence-electron chi connectivity index (χ4n) is 4.34. The normalized spacial score (nSPS) is 20.3. The first-order valence-corrected chi connectivity index (χ1v) is 10.9. The van der Waals surface area contributed by atoms with Gasteiger partial charge >= 0.3 is 0 Å². The molecule has 1 amide bonds. The van der Waals surface area contributed by atoms with Gasteiger partial charge in [0.25, 0.3) is 5.91 Å². The third-order valence-electron chi connectivity index (χ3n) is 6.15. The van der Waals surface area contributed by atoms with Crippen molar-refractivity contribution in [3.05, 3.63) is 59.6 Å². The minimum absolute atomic E-state index is 0.0363. The molecule has 0 N–H and O–H groups in total. The van der Waals surface area contributed by atoms with Crippen molar-refractivity contribution in [3.63, 3.8) is 0 Å². The molecule has 0 bridgehead atoms. The Balaban J connectivity index is 1.67. The molecule has 2 aliphatic heterocycles. The molecule has 4 heterocycles. The van der Waals surface area contributed by atoms with Crippen LogP contribution in [0, 0.1) is 0 Å². The van der Waals surface area contributed by atoms with E-state index in [0.29, 0.717) is 35.5 Å². The van der Waals surface area contributed by atoms with Crippen LogP contribution in [0.4, 0.5) is 5.82 Å². The molecule has 2 aromatic heterocycles. The lowest BCUT2D eigenvalue weighted by molar-refractivity contribution is -0.114. The van der Waals surface area contributed by atoms with Gasteiger partial charge in [0.05, 0.1) is 6.54 Å². The van der Waals surface area contributed by atoms with Gasteiger partial charge in [0.1, 0.15) is 17.8 Å². The van der Waals surface area contributed by atoms with Crippen molar-refractivity contribution in [2.75, 3.05) is 18.0 Å². The predicted molar refractivity (Wildman–Crippen MR) is 122 cm³/mol. The van der Waals surface area contributed by atoms with Crippen molar-refractivity contribution in [1.29, 1.82) is 0 Å². The number of carbonyl (C=O) groups excluding carboxylic acids is 1. The van der Waals surface area contributed by atoms with E-state index in [4.69, 9.17) is 4.98 Å². The Labute approximate surface area is 183 Å². The summed E-state index contributed by atoms with van der Waals surface area (Å²) in [6.07, 6.45) is 5.98. The number of allylic oxidation sites excluding steroid dienone is 2. The molecule has 7 heteroatoms. The number of nitrogens with zero attached hydrogens (tertiary/aromatic N) is 6. The lowest BCUT2D eigenvalue weighted by Crippen LogP contribution is -2.27. The largest absolute Gasteiger partial charge is 0.369 e. The van der Waals surface area contributed by atoms with Gasteiger partial charge < -0.3 is 9.47 Å². The maximum Gasteiger partial charge on any atom is 0.260 e. The van der Waals surface area contributed by atoms with Crippen LogP contribution in [0.2, 0.25) is 0 Å². The molecule has 2 saturated heterocycles. The van der Waals surface area contributed by atoms with Crippen LogP contribution >= 0.6 is 0 Å². The molecule has 2 aromatic rings. The van der Waals surface area contributed by atoms with Crippen LogP contribution in [-0.4, -0.2) is 49.7 Å². The summed E-state index contributed by atoms with van der Waals surface area (Å²) in [5, 5.41) is 8.20. The van der Waals surface area contributed by atoms with E-state index in [1.165, 1.54) is 0 Å². The van der Waals surface area contributed by atoms with Crippen LogP contribution in [0.5, 0.6) is 0 Å². The number of pyridine rings is 1. The highest BCUT2D eigenvalue weighted by Crippen LogP contribution is 2.32. The molecular formula is C24H30N6O. The molecule has 1 unspecified atom stereocenters. The molecular weight excluding hydrogens is 388 g/mol. The third-order valence-corrected chi connectivity index (χ3v) is 6.15. The summed E-state index contributed by atoms with van der Waals surface area (Å²) < 4.78 is 1.94. The second-order valence-corrected chi connectivity index (χ2v) is 8.43. The van der Waals surface area contributed by atoms with Crippen LogP contribution in [0.3, 0.4) is 0 Å². The topological polar surface area (TPSA) is 67.2 Å². The molecule has 0 radical (unpaired) electrons. The Hall–Kier alpha value is -3.22. The smallest absolute Gasteiger partial charge is 0.260 e. The average molecular weight is 419 g/mol. The van der Waals surface area contributed by atoms with Crippen LogP contribution in [0.25, 0.3) is 11.5 Å². The molecule has 2 fully saturated rings. The Morgan fingerprint density at radius 3 is 2.81 bits per heavy atom. The van der Waals surface area contributed by atoms with Crippen LogP contribution in [0.1, 0.15) is 40.5 Å². The zero-order valence-electron chi connectivity index (χ0n) is 18.8. The van der Waals surface area contributed by atoms with Crippen molar-refractivity contribution in [2.45, 2.75) is 53.1 Å². The van der Waals surface area contributed by atoms with Crippen LogP contribution in [0.15, 0.2) is 59.6 Å². The number of amides is 1. The van der Waals surface area contributed by atoms with Gasteiger partial charge in [0.15, 0.2) is 5.82 Å². The molecule has 0 saturated carbocycles. The number of rotatable bonds is 5. The molecule has 0 aliphatic carbocycles. The van der Waals surface area contributed by atoms with E-state index in [9.17, 15) is 4.79 Å². The van der Waals surface area contributed by atoms with Crippen molar-refractivity contribution >= 4 is 11.7 Å². The van der Waals surface area contributed by atoms with Gasteiger partial charge in [-0.25, -0.2) is 4.98 Å². The van der Waals surface area contributed by atoms with Gasteiger partial charge in [-0.15, -0.1) is 10.2 Å². The van der Waals surface area contributed by atoms with Crippen molar-refractivity contribution in [3.8, 4) is 11.5 Å². The van der Waals surface area contributed by atoms with Crippen molar-refractivity contribution in [1.82, 2.24) is 24.6 Å². The predicted octanol–water partition coefficient (Wildman–Crippen LogP) is 3.97. The van der Waals surface area contributed by atoms with E-state index in [2.05, 4.69) is 42.4 Å². The van der Waals surface area contributed by atoms with Gasteiger partial charge in [-0.3, -0.25) is 9.69 Å². The number of hydrogen-bond acceptors (Lipinski definition) is 5. The second-order valence-electron chi connectivity index (χ2n) is 8.43. The first kappa shape index (κ1) is 21.0. The first-order chi connectivity index (χ1) is 14.9. The van der Waals surface area contributed by atoms with Gasteiger partial charge in [0.2, 0.25) is 0 Å². The van der Waals surface area contributed by atoms with Crippen LogP contribution in [-0.2, 0) is 11.3 Å². The van der Waals surface area contributed by atoms with E-state index in [0.717, 1.165) is 42.8 Å². The maximum atomic E-state index is 13.5. The summed E-state index contributed by atoms with van der Waals surface area (Å²) in [5.74, 6) is 1.28. The van der Waals surface area contributed by atoms with Gasteiger partial charge in [0, 0.05) is 30.4 Å². The highest BCUT2D eigenvalue weighted by Gasteiger charge is 2.34. The minimum Gasteiger partial charge on any atom is -0.369 e. The van der Waals surface area contributed by atoms with E-state index in [1.807, 2.05) is 35.8 Å². The summed E-state index contributed by atoms with van der Waals surface area (Å²) in [5.41, 5.74) is 4.50. The molecule has 4 rings (SSSR count). The molecule has 0 aromatic carbocycles. The number of hydrogen-bond donors (Lipinski definition) is 0. The summed E-state index contributed by atoms with van der Waals surface area (Å²) in [6, 6.07) is 6.14. The Morgan fingerprint density at radius 2 is 2.13 bits per heavy atom. The summed E-state index contributed by atoms with van der Waals surface area (Å²) in [7, 11) is 0. The molecule has 2 aliphatic rings. The minimum atomic E-state index is -0.0363. The summed E-state index contributed by atoms with van der Waals surface area (Å²) >= 11 is 0. The van der Waals surface area contributed by atoms with Crippen molar-refractivity contribution in [2.24, 2.45) is 0 Å². The second kappa shape index (κ2) is 8.49. The fraction of sp³-hybridized carbons (Fsp3) is 0.417. The van der Waals surface area contributed by atoms with Gasteiger partial charge in [-0.05, 0) is 64.3 Å². The molecule has 162 valence electrons. The van der Waals surface area contributed by atoms with E-state index < -0.39 is 0 Å². The lowest BCUT2D eigenvalue weighted by Gasteiger charge is -2.24. The Kier molecular flexibility index (Phi) is 5.76. The SMILES string of the molecule is C=C(/C=C1/C(=O)N(c2cccc(-c3nncn3CC)n2)CC1=C(C)C)N1CCCC1C. The summed E-state index contributed by atoms with van der Waals surface area (Å²) in [4.78, 5) is 22.3. The molecule has 0 spiro atoms. The van der Waals surface area contributed by atoms with E-state index in [-0.39, 0.29) is 5.91 Å². The Bertz CT molecular complexity index is 1080. The van der Waals surface area contributed by atoms with Gasteiger partial charge in [-0.1, -0.05) is 18.2 Å². The lowest BCUT2D eigenvalue weighted by atomic mass is 10.0. The molecule has 31 heavy (non-hydrogen) atoms. The van der Waals surface area contributed by atoms with E-state index >= 15 is 0 Å². The zero-order valence-corrected chi connectivity index (χ0v) is 18.8. The molecule has 7 nitrogen and oxygen atoms in total. The maximum absolute atomic E-state index is 13.5. The van der Waals surface area contributed by atoms with E-state index in [1.54, 1.807) is 11.2 Å². The standard InChI is InChI=1S/C24H30N6O/c1-6-28-15-25-27-23(28)21-10-7-11-22(26-21)30-14-20(16(2)3)19(24(30)31)13-18(5)29-12-8-9-17(29)4/h7,10-11,13,15,17H,5-6,8-9,12,14H2,1-4H3/b19-13+. The van der Waals surface area contributed by atoms with Crippen LogP contribution < -0.4 is 4.90 Å². The van der Waals surface area contributed by atoms with Gasteiger partial charge in [-0.2, -0.15) is 0 Å². The molecule has 1 atom stereocenters. The highest BCUT2D eigenvalue weighted by molar-refractivity contribution is 6.12. The summed E-state index contributed by atoms with van der Waals surface area (Å²) in [6.45, 7) is 14.9.